The van der Waals surface area contributed by atoms with Crippen molar-refractivity contribution in [2.75, 3.05) is 7.05 Å². The van der Waals surface area contributed by atoms with E-state index in [1.165, 1.54) is 0 Å². The molecule has 0 saturated carbocycles. The topological polar surface area (TPSA) is 41.6 Å². The lowest BCUT2D eigenvalue weighted by atomic mass is 9.75. The number of nitrogens with one attached hydrogen (secondary N) is 1. The normalized spacial score (nSPS) is 30.4. The van der Waals surface area contributed by atoms with E-state index < -0.39 is 11.3 Å². The molecule has 2 fully saturated rings. The van der Waals surface area contributed by atoms with Gasteiger partial charge in [0.25, 0.3) is 5.91 Å². The molecule has 1 N–H and O–H groups in total. The Hall–Kier alpha value is -0.610. The Labute approximate surface area is 123 Å². The molecule has 1 spiro atoms. The molecule has 0 aromatic rings. The van der Waals surface area contributed by atoms with E-state index in [0.717, 1.165) is 25.7 Å². The molecule has 2 saturated heterocycles. The molecule has 0 aromatic heterocycles. The minimum atomic E-state index is -0.637. The Balaban J connectivity index is 2.36. The van der Waals surface area contributed by atoms with E-state index in [1.807, 2.05) is 13.8 Å². The first-order chi connectivity index (χ1) is 9.03. The van der Waals surface area contributed by atoms with Crippen LogP contribution >= 0.6 is 0 Å². The third kappa shape index (κ3) is 2.17. The highest BCUT2D eigenvalue weighted by atomic mass is 16.6. The van der Waals surface area contributed by atoms with Gasteiger partial charge in [0, 0.05) is 23.9 Å². The summed E-state index contributed by atoms with van der Waals surface area (Å²) in [5, 5.41) is 3.21. The van der Waals surface area contributed by atoms with Gasteiger partial charge in [-0.3, -0.25) is 9.69 Å². The molecule has 4 heteroatoms. The van der Waals surface area contributed by atoms with E-state index in [4.69, 9.17) is 4.74 Å². The van der Waals surface area contributed by atoms with E-state index in [0.29, 0.717) is 0 Å². The molecule has 20 heavy (non-hydrogen) atoms. The average molecular weight is 282 g/mol. The predicted octanol–water partition coefficient (Wildman–Crippen LogP) is 2.67. The molecular weight excluding hydrogens is 252 g/mol. The molecule has 2 aliphatic rings. The summed E-state index contributed by atoms with van der Waals surface area (Å²) in [7, 11) is 2.16. The number of carbonyl (C=O) groups is 1. The van der Waals surface area contributed by atoms with Crippen molar-refractivity contribution in [3.8, 4) is 0 Å². The van der Waals surface area contributed by atoms with Crippen LogP contribution in [0.3, 0.4) is 0 Å². The molecule has 0 bridgehead atoms. The van der Waals surface area contributed by atoms with Crippen molar-refractivity contribution in [1.29, 1.82) is 0 Å². The minimum Gasteiger partial charge on any atom is -0.339 e. The largest absolute Gasteiger partial charge is 0.339 e. The van der Waals surface area contributed by atoms with Gasteiger partial charge in [-0.1, -0.05) is 13.8 Å². The lowest BCUT2D eigenvalue weighted by Gasteiger charge is -2.56. The second-order valence-electron chi connectivity index (χ2n) is 7.79. The van der Waals surface area contributed by atoms with Gasteiger partial charge in [0.05, 0.1) is 0 Å². The summed E-state index contributed by atoms with van der Waals surface area (Å²) in [6, 6.07) is 0. The fourth-order valence-corrected chi connectivity index (χ4v) is 4.16. The van der Waals surface area contributed by atoms with Crippen LogP contribution in [-0.4, -0.2) is 40.3 Å². The van der Waals surface area contributed by atoms with Crippen LogP contribution in [-0.2, 0) is 9.53 Å². The van der Waals surface area contributed by atoms with Crippen molar-refractivity contribution in [1.82, 2.24) is 10.2 Å². The summed E-state index contributed by atoms with van der Waals surface area (Å²) in [4.78, 5) is 14.9. The summed E-state index contributed by atoms with van der Waals surface area (Å²) >= 11 is 0. The van der Waals surface area contributed by atoms with Crippen molar-refractivity contribution >= 4 is 5.91 Å². The predicted molar refractivity (Wildman–Crippen MR) is 80.4 cm³/mol. The number of piperidine rings is 1. The first-order valence-electron chi connectivity index (χ1n) is 7.79. The Morgan fingerprint density at radius 2 is 1.55 bits per heavy atom. The standard InChI is InChI=1S/C16H30N2O2/c1-8-15(9-2)12(19)17-16(20-15)10-13(3,4)18(7)14(5,6)11-16/h8-11H2,1-7H3,(H,17,19). The van der Waals surface area contributed by atoms with Crippen LogP contribution in [0.5, 0.6) is 0 Å². The van der Waals surface area contributed by atoms with Gasteiger partial charge in [-0.05, 0) is 47.6 Å². The van der Waals surface area contributed by atoms with Gasteiger partial charge in [0.2, 0.25) is 0 Å². The van der Waals surface area contributed by atoms with Gasteiger partial charge in [-0.15, -0.1) is 0 Å². The molecule has 116 valence electrons. The summed E-state index contributed by atoms with van der Waals surface area (Å²) < 4.78 is 6.42. The van der Waals surface area contributed by atoms with Gasteiger partial charge in [0.15, 0.2) is 0 Å². The zero-order chi connectivity index (χ0) is 15.4. The van der Waals surface area contributed by atoms with Crippen LogP contribution in [0.4, 0.5) is 0 Å². The molecule has 2 aliphatic heterocycles. The first-order valence-corrected chi connectivity index (χ1v) is 7.79. The molecule has 0 unspecified atom stereocenters. The number of ether oxygens (including phenoxy) is 1. The average Bonchev–Trinajstić information content (AvgIpc) is 2.58. The molecule has 1 amide bonds. The third-order valence-electron chi connectivity index (χ3n) is 5.54. The van der Waals surface area contributed by atoms with Crippen molar-refractivity contribution in [3.05, 3.63) is 0 Å². The zero-order valence-corrected chi connectivity index (χ0v) is 14.1. The maximum atomic E-state index is 12.5. The van der Waals surface area contributed by atoms with Gasteiger partial charge in [0.1, 0.15) is 11.3 Å². The highest BCUT2D eigenvalue weighted by molar-refractivity contribution is 5.87. The quantitative estimate of drug-likeness (QED) is 0.846. The Morgan fingerprint density at radius 1 is 1.10 bits per heavy atom. The lowest BCUT2D eigenvalue weighted by Crippen LogP contribution is -2.67. The Bertz CT molecular complexity index is 393. The molecule has 0 atom stereocenters. The molecule has 0 aromatic carbocycles. The van der Waals surface area contributed by atoms with Crippen LogP contribution < -0.4 is 5.32 Å². The number of hydrogen-bond acceptors (Lipinski definition) is 3. The summed E-state index contributed by atoms with van der Waals surface area (Å²) in [6.45, 7) is 13.0. The van der Waals surface area contributed by atoms with E-state index in [1.54, 1.807) is 0 Å². The number of hydrogen-bond donors (Lipinski definition) is 1. The molecule has 0 aliphatic carbocycles. The van der Waals surface area contributed by atoms with Crippen LogP contribution in [0.15, 0.2) is 0 Å². The summed E-state index contributed by atoms with van der Waals surface area (Å²) in [6.07, 6.45) is 3.11. The summed E-state index contributed by atoms with van der Waals surface area (Å²) in [5.41, 5.74) is -1.16. The van der Waals surface area contributed by atoms with Gasteiger partial charge < -0.3 is 10.1 Å². The smallest absolute Gasteiger partial charge is 0.254 e. The van der Waals surface area contributed by atoms with Crippen LogP contribution in [0, 0.1) is 0 Å². The van der Waals surface area contributed by atoms with Crippen LogP contribution in [0.2, 0.25) is 0 Å². The zero-order valence-electron chi connectivity index (χ0n) is 14.1. The summed E-state index contributed by atoms with van der Waals surface area (Å²) in [5.74, 6) is 0.0682. The minimum absolute atomic E-state index is 0.00735. The monoisotopic (exact) mass is 282 g/mol. The Kier molecular flexibility index (Phi) is 3.50. The van der Waals surface area contributed by atoms with Crippen LogP contribution in [0.1, 0.15) is 67.2 Å². The molecule has 2 rings (SSSR count). The van der Waals surface area contributed by atoms with Gasteiger partial charge in [-0.2, -0.15) is 0 Å². The van der Waals surface area contributed by atoms with Crippen molar-refractivity contribution in [2.45, 2.75) is 89.6 Å². The molecule has 4 nitrogen and oxygen atoms in total. The highest BCUT2D eigenvalue weighted by Crippen LogP contribution is 2.48. The molecule has 0 radical (unpaired) electrons. The van der Waals surface area contributed by atoms with Crippen molar-refractivity contribution < 1.29 is 9.53 Å². The number of nitrogens with zero attached hydrogens (tertiary/aromatic N) is 1. The third-order valence-corrected chi connectivity index (χ3v) is 5.54. The van der Waals surface area contributed by atoms with Crippen LogP contribution in [0.25, 0.3) is 0 Å². The maximum absolute atomic E-state index is 12.5. The van der Waals surface area contributed by atoms with Crippen molar-refractivity contribution in [2.24, 2.45) is 0 Å². The number of amides is 1. The SMILES string of the molecule is CCC1(CC)OC2(CC(C)(C)N(C)C(C)(C)C2)NC1=O. The fourth-order valence-electron chi connectivity index (χ4n) is 4.16. The molecule has 2 heterocycles. The Morgan fingerprint density at radius 3 is 1.90 bits per heavy atom. The van der Waals surface area contributed by atoms with E-state index in [2.05, 4.69) is 45.0 Å². The number of likely N-dealkylation sites (tertiary alicyclic amines) is 1. The van der Waals surface area contributed by atoms with E-state index >= 15 is 0 Å². The van der Waals surface area contributed by atoms with Gasteiger partial charge >= 0.3 is 0 Å². The van der Waals surface area contributed by atoms with E-state index in [-0.39, 0.29) is 17.0 Å². The maximum Gasteiger partial charge on any atom is 0.254 e. The van der Waals surface area contributed by atoms with Crippen molar-refractivity contribution in [3.63, 3.8) is 0 Å². The second-order valence-corrected chi connectivity index (χ2v) is 7.79. The number of carbonyl (C=O) groups excluding carboxylic acids is 1. The fraction of sp³-hybridized carbons (Fsp3) is 0.938. The lowest BCUT2D eigenvalue weighted by molar-refractivity contribution is -0.186. The second kappa shape index (κ2) is 4.44. The highest BCUT2D eigenvalue weighted by Gasteiger charge is 2.60. The molecular formula is C16H30N2O2. The number of rotatable bonds is 2. The van der Waals surface area contributed by atoms with Gasteiger partial charge in [-0.25, -0.2) is 0 Å². The first kappa shape index (κ1) is 15.8. The van der Waals surface area contributed by atoms with E-state index in [9.17, 15) is 4.79 Å².